The van der Waals surface area contributed by atoms with Crippen molar-refractivity contribution in [2.45, 2.75) is 6.42 Å². The summed E-state index contributed by atoms with van der Waals surface area (Å²) < 4.78 is 0. The number of aliphatic imine (C=N–C) groups is 1. The molecule has 1 aliphatic rings. The molecule has 1 aromatic heterocycles. The number of halogens is 2. The number of piperazine rings is 1. The summed E-state index contributed by atoms with van der Waals surface area (Å²) in [5, 5.41) is 1.28. The zero-order chi connectivity index (χ0) is 17.6. The first-order chi connectivity index (χ1) is 12.1. The fraction of sp³-hybridized carbons (Fsp3) is 0.353. The van der Waals surface area contributed by atoms with E-state index in [0.29, 0.717) is 22.5 Å². The van der Waals surface area contributed by atoms with Crippen LogP contribution in [0.25, 0.3) is 0 Å². The van der Waals surface area contributed by atoms with Gasteiger partial charge in [0.15, 0.2) is 5.96 Å². The average Bonchev–Trinajstić information content (AvgIpc) is 2.62. The molecule has 1 aromatic carbocycles. The SMILES string of the molecule is NC(=NCCc1cc(Cl)cc(Cl)c1)N1CCN(c2ncccn2)CC1. The van der Waals surface area contributed by atoms with Gasteiger partial charge in [-0.25, -0.2) is 9.97 Å². The highest BCUT2D eigenvalue weighted by Gasteiger charge is 2.19. The third-order valence-corrected chi connectivity index (χ3v) is 4.47. The highest BCUT2D eigenvalue weighted by atomic mass is 35.5. The second-order valence-electron chi connectivity index (χ2n) is 5.79. The molecule has 0 atom stereocenters. The third kappa shape index (κ3) is 4.96. The van der Waals surface area contributed by atoms with E-state index >= 15 is 0 Å². The summed E-state index contributed by atoms with van der Waals surface area (Å²) in [6.07, 6.45) is 4.26. The van der Waals surface area contributed by atoms with E-state index in [1.807, 2.05) is 18.2 Å². The number of anilines is 1. The van der Waals surface area contributed by atoms with E-state index in [9.17, 15) is 0 Å². The number of hydrogen-bond donors (Lipinski definition) is 1. The van der Waals surface area contributed by atoms with Gasteiger partial charge < -0.3 is 15.5 Å². The van der Waals surface area contributed by atoms with Gasteiger partial charge in [0.1, 0.15) is 0 Å². The molecule has 1 fully saturated rings. The summed E-state index contributed by atoms with van der Waals surface area (Å²) in [7, 11) is 0. The van der Waals surface area contributed by atoms with Gasteiger partial charge in [0.05, 0.1) is 0 Å². The zero-order valence-corrected chi connectivity index (χ0v) is 15.3. The number of benzene rings is 1. The van der Waals surface area contributed by atoms with Crippen LogP contribution < -0.4 is 10.6 Å². The molecule has 25 heavy (non-hydrogen) atoms. The Hall–Kier alpha value is -2.05. The molecule has 1 aliphatic heterocycles. The maximum Gasteiger partial charge on any atom is 0.225 e. The molecule has 2 aromatic rings. The van der Waals surface area contributed by atoms with Crippen molar-refractivity contribution < 1.29 is 0 Å². The van der Waals surface area contributed by atoms with Crippen LogP contribution >= 0.6 is 23.2 Å². The molecule has 3 rings (SSSR count). The van der Waals surface area contributed by atoms with Gasteiger partial charge in [-0.15, -0.1) is 0 Å². The van der Waals surface area contributed by atoms with E-state index in [1.54, 1.807) is 18.5 Å². The summed E-state index contributed by atoms with van der Waals surface area (Å²) >= 11 is 12.0. The van der Waals surface area contributed by atoms with Crippen molar-refractivity contribution in [3.63, 3.8) is 0 Å². The highest BCUT2D eigenvalue weighted by Crippen LogP contribution is 2.19. The van der Waals surface area contributed by atoms with Crippen molar-refractivity contribution in [1.29, 1.82) is 0 Å². The van der Waals surface area contributed by atoms with Crippen LogP contribution in [-0.4, -0.2) is 53.6 Å². The molecule has 2 heterocycles. The fourth-order valence-electron chi connectivity index (χ4n) is 2.74. The standard InChI is InChI=1S/C17H20Cl2N6/c18-14-10-13(11-15(19)12-14)2-5-21-16(20)24-6-8-25(9-7-24)17-22-3-1-4-23-17/h1,3-4,10-12H,2,5-9H2,(H2,20,21). The first-order valence-electron chi connectivity index (χ1n) is 8.13. The Morgan fingerprint density at radius 3 is 2.32 bits per heavy atom. The van der Waals surface area contributed by atoms with Crippen molar-refractivity contribution in [3.05, 3.63) is 52.3 Å². The predicted molar refractivity (Wildman–Crippen MR) is 102 cm³/mol. The molecular weight excluding hydrogens is 359 g/mol. The molecule has 0 spiro atoms. The average molecular weight is 379 g/mol. The van der Waals surface area contributed by atoms with Gasteiger partial charge >= 0.3 is 0 Å². The Labute approximate surface area is 157 Å². The number of nitrogens with two attached hydrogens (primary N) is 1. The van der Waals surface area contributed by atoms with Crippen molar-refractivity contribution >= 4 is 35.1 Å². The first-order valence-corrected chi connectivity index (χ1v) is 8.89. The third-order valence-electron chi connectivity index (χ3n) is 4.04. The van der Waals surface area contributed by atoms with Gasteiger partial charge in [0.2, 0.25) is 5.95 Å². The molecule has 8 heteroatoms. The van der Waals surface area contributed by atoms with Crippen molar-refractivity contribution in [2.24, 2.45) is 10.7 Å². The lowest BCUT2D eigenvalue weighted by molar-refractivity contribution is 0.378. The monoisotopic (exact) mass is 378 g/mol. The number of nitrogens with zero attached hydrogens (tertiary/aromatic N) is 5. The van der Waals surface area contributed by atoms with E-state index in [2.05, 4.69) is 24.8 Å². The number of rotatable bonds is 4. The Morgan fingerprint density at radius 2 is 1.68 bits per heavy atom. The molecule has 0 bridgehead atoms. The van der Waals surface area contributed by atoms with E-state index in [-0.39, 0.29) is 0 Å². The maximum absolute atomic E-state index is 6.13. The summed E-state index contributed by atoms with van der Waals surface area (Å²) in [4.78, 5) is 17.3. The summed E-state index contributed by atoms with van der Waals surface area (Å²) in [6.45, 7) is 3.85. The summed E-state index contributed by atoms with van der Waals surface area (Å²) in [5.41, 5.74) is 7.19. The smallest absolute Gasteiger partial charge is 0.225 e. The van der Waals surface area contributed by atoms with Gasteiger partial charge in [-0.2, -0.15) is 0 Å². The van der Waals surface area contributed by atoms with Crippen molar-refractivity contribution in [3.8, 4) is 0 Å². The minimum atomic E-state index is 0.571. The number of guanidine groups is 1. The Balaban J connectivity index is 1.50. The van der Waals surface area contributed by atoms with Gasteiger partial charge in [0.25, 0.3) is 0 Å². The Kier molecular flexibility index (Phi) is 5.94. The lowest BCUT2D eigenvalue weighted by Crippen LogP contribution is -2.51. The minimum Gasteiger partial charge on any atom is -0.370 e. The summed E-state index contributed by atoms with van der Waals surface area (Å²) in [6, 6.07) is 7.34. The molecule has 0 saturated carbocycles. The Bertz CT molecular complexity index is 709. The van der Waals surface area contributed by atoms with Gasteiger partial charge in [-0.3, -0.25) is 4.99 Å². The molecule has 0 amide bonds. The number of hydrogen-bond acceptors (Lipinski definition) is 4. The molecule has 0 radical (unpaired) electrons. The summed E-state index contributed by atoms with van der Waals surface area (Å²) in [5.74, 6) is 1.33. The normalized spacial score (nSPS) is 15.5. The lowest BCUT2D eigenvalue weighted by Gasteiger charge is -2.35. The lowest BCUT2D eigenvalue weighted by atomic mass is 10.1. The van der Waals surface area contributed by atoms with E-state index < -0.39 is 0 Å². The number of aromatic nitrogens is 2. The van der Waals surface area contributed by atoms with Gasteiger partial charge in [0, 0.05) is 55.2 Å². The van der Waals surface area contributed by atoms with Crippen LogP contribution in [0.4, 0.5) is 5.95 Å². The fourth-order valence-corrected chi connectivity index (χ4v) is 3.32. The quantitative estimate of drug-likeness (QED) is 0.653. The molecular formula is C17H20Cl2N6. The minimum absolute atomic E-state index is 0.571. The highest BCUT2D eigenvalue weighted by molar-refractivity contribution is 6.34. The van der Waals surface area contributed by atoms with E-state index in [4.69, 9.17) is 28.9 Å². The molecule has 1 saturated heterocycles. The van der Waals surface area contributed by atoms with Crippen LogP contribution in [0.5, 0.6) is 0 Å². The van der Waals surface area contributed by atoms with Crippen LogP contribution in [0, 0.1) is 0 Å². The van der Waals surface area contributed by atoms with Gasteiger partial charge in [-0.1, -0.05) is 23.2 Å². The van der Waals surface area contributed by atoms with E-state index in [1.165, 1.54) is 0 Å². The van der Waals surface area contributed by atoms with E-state index in [0.717, 1.165) is 44.1 Å². The maximum atomic E-state index is 6.13. The molecule has 0 aliphatic carbocycles. The second-order valence-corrected chi connectivity index (χ2v) is 6.66. The molecule has 132 valence electrons. The second kappa shape index (κ2) is 8.36. The van der Waals surface area contributed by atoms with Crippen LogP contribution in [0.1, 0.15) is 5.56 Å². The van der Waals surface area contributed by atoms with Crippen molar-refractivity contribution in [1.82, 2.24) is 14.9 Å². The predicted octanol–water partition coefficient (Wildman–Crippen LogP) is 2.46. The van der Waals surface area contributed by atoms with Crippen molar-refractivity contribution in [2.75, 3.05) is 37.6 Å². The topological polar surface area (TPSA) is 70.6 Å². The molecule has 0 unspecified atom stereocenters. The Morgan fingerprint density at radius 1 is 1.04 bits per heavy atom. The molecule has 6 nitrogen and oxygen atoms in total. The van der Waals surface area contributed by atoms with Crippen LogP contribution in [-0.2, 0) is 6.42 Å². The largest absolute Gasteiger partial charge is 0.370 e. The molecule has 2 N–H and O–H groups in total. The van der Waals surface area contributed by atoms with Gasteiger partial charge in [-0.05, 0) is 36.2 Å². The van der Waals surface area contributed by atoms with Crippen LogP contribution in [0.3, 0.4) is 0 Å². The first kappa shape index (κ1) is 17.8. The van der Waals surface area contributed by atoms with Crippen LogP contribution in [0.2, 0.25) is 10.0 Å². The van der Waals surface area contributed by atoms with Crippen LogP contribution in [0.15, 0.2) is 41.7 Å². The zero-order valence-electron chi connectivity index (χ0n) is 13.8.